The molecule has 0 aliphatic carbocycles. The van der Waals surface area contributed by atoms with Crippen LogP contribution in [0, 0.1) is 11.3 Å². The molecular formula is C22H27N3. The van der Waals surface area contributed by atoms with Crippen LogP contribution >= 0.6 is 0 Å². The monoisotopic (exact) mass is 333 g/mol. The lowest BCUT2D eigenvalue weighted by Gasteiger charge is -2.30. The van der Waals surface area contributed by atoms with E-state index in [2.05, 4.69) is 54.9 Å². The van der Waals surface area contributed by atoms with E-state index in [0.29, 0.717) is 5.56 Å². The van der Waals surface area contributed by atoms with E-state index in [-0.39, 0.29) is 5.41 Å². The average Bonchev–Trinajstić information content (AvgIpc) is 2.62. The molecule has 0 heterocycles. The quantitative estimate of drug-likeness (QED) is 0.592. The van der Waals surface area contributed by atoms with Crippen LogP contribution in [0.25, 0.3) is 11.1 Å². The van der Waals surface area contributed by atoms with E-state index in [1.54, 1.807) is 0 Å². The van der Waals surface area contributed by atoms with Gasteiger partial charge < -0.3 is 4.90 Å². The van der Waals surface area contributed by atoms with Crippen LogP contribution in [0.2, 0.25) is 0 Å². The zero-order valence-corrected chi connectivity index (χ0v) is 16.1. The highest BCUT2D eigenvalue weighted by atomic mass is 15.1. The fourth-order valence-electron chi connectivity index (χ4n) is 3.05. The number of rotatable bonds is 4. The molecule has 0 saturated heterocycles. The number of amidine groups is 1. The lowest BCUT2D eigenvalue weighted by molar-refractivity contribution is 0.503. The topological polar surface area (TPSA) is 39.4 Å². The van der Waals surface area contributed by atoms with Gasteiger partial charge in [0.15, 0.2) is 0 Å². The summed E-state index contributed by atoms with van der Waals surface area (Å²) in [6.07, 6.45) is 1.04. The van der Waals surface area contributed by atoms with Gasteiger partial charge in [0.05, 0.1) is 11.6 Å². The van der Waals surface area contributed by atoms with Crippen molar-refractivity contribution in [2.45, 2.75) is 32.6 Å². The summed E-state index contributed by atoms with van der Waals surface area (Å²) in [5.74, 6) is 0.969. The molecule has 0 spiro atoms. The fourth-order valence-corrected chi connectivity index (χ4v) is 3.05. The molecule has 3 heteroatoms. The minimum Gasteiger partial charge on any atom is -0.363 e. The van der Waals surface area contributed by atoms with Crippen LogP contribution in [0.15, 0.2) is 47.5 Å². The molecule has 3 nitrogen and oxygen atoms in total. The van der Waals surface area contributed by atoms with Crippen LogP contribution < -0.4 is 0 Å². The van der Waals surface area contributed by atoms with Crippen molar-refractivity contribution in [3.63, 3.8) is 0 Å². The summed E-state index contributed by atoms with van der Waals surface area (Å²) in [6.45, 7) is 6.77. The predicted octanol–water partition coefficient (Wildman–Crippen LogP) is 4.85. The van der Waals surface area contributed by atoms with Crippen molar-refractivity contribution in [1.29, 1.82) is 5.26 Å². The summed E-state index contributed by atoms with van der Waals surface area (Å²) < 4.78 is 0. The lowest BCUT2D eigenvalue weighted by atomic mass is 9.77. The second kappa shape index (κ2) is 7.53. The fraction of sp³-hybridized carbons (Fsp3) is 0.364. The summed E-state index contributed by atoms with van der Waals surface area (Å²) in [4.78, 5) is 6.64. The Balaban J connectivity index is 2.79. The van der Waals surface area contributed by atoms with Gasteiger partial charge in [-0.2, -0.15) is 5.26 Å². The molecule has 0 saturated carbocycles. The first-order valence-corrected chi connectivity index (χ1v) is 8.64. The summed E-state index contributed by atoms with van der Waals surface area (Å²) >= 11 is 0. The number of hydrogen-bond acceptors (Lipinski definition) is 2. The Hall–Kier alpha value is -2.60. The second-order valence-electron chi connectivity index (χ2n) is 7.10. The van der Waals surface area contributed by atoms with Crippen molar-refractivity contribution in [2.24, 2.45) is 4.99 Å². The van der Waals surface area contributed by atoms with E-state index in [1.165, 1.54) is 11.1 Å². The number of hydrogen-bond donors (Lipinski definition) is 0. The second-order valence-corrected chi connectivity index (χ2v) is 7.10. The third kappa shape index (κ3) is 3.74. The van der Waals surface area contributed by atoms with Gasteiger partial charge in [0.2, 0.25) is 0 Å². The van der Waals surface area contributed by atoms with Crippen LogP contribution in [0.5, 0.6) is 0 Å². The molecule has 0 amide bonds. The highest BCUT2D eigenvalue weighted by Crippen LogP contribution is 2.36. The molecule has 0 bridgehead atoms. The molecular weight excluding hydrogens is 306 g/mol. The van der Waals surface area contributed by atoms with Gasteiger partial charge in [-0.1, -0.05) is 51.1 Å². The van der Waals surface area contributed by atoms with Crippen molar-refractivity contribution >= 4 is 5.84 Å². The number of nitrogens with zero attached hydrogens (tertiary/aromatic N) is 3. The van der Waals surface area contributed by atoms with Gasteiger partial charge in [0, 0.05) is 26.7 Å². The Morgan fingerprint density at radius 1 is 1.12 bits per heavy atom. The Kier molecular flexibility index (Phi) is 5.64. The summed E-state index contributed by atoms with van der Waals surface area (Å²) in [5, 5.41) is 9.06. The molecule has 2 rings (SSSR count). The van der Waals surface area contributed by atoms with Crippen molar-refractivity contribution in [3.05, 3.63) is 59.2 Å². The Morgan fingerprint density at radius 2 is 1.76 bits per heavy atom. The molecule has 0 unspecified atom stereocenters. The van der Waals surface area contributed by atoms with E-state index < -0.39 is 0 Å². The highest BCUT2D eigenvalue weighted by Gasteiger charge is 2.26. The van der Waals surface area contributed by atoms with Crippen molar-refractivity contribution in [3.8, 4) is 17.2 Å². The van der Waals surface area contributed by atoms with Gasteiger partial charge in [-0.3, -0.25) is 4.99 Å². The van der Waals surface area contributed by atoms with Crippen LogP contribution in [0.4, 0.5) is 0 Å². The minimum atomic E-state index is 0.0455. The molecule has 2 aromatic rings. The van der Waals surface area contributed by atoms with E-state index >= 15 is 0 Å². The summed E-state index contributed by atoms with van der Waals surface area (Å²) in [5.41, 5.74) is 5.44. The smallest absolute Gasteiger partial charge is 0.131 e. The van der Waals surface area contributed by atoms with Gasteiger partial charge in [-0.25, -0.2) is 0 Å². The van der Waals surface area contributed by atoms with Crippen LogP contribution in [0.1, 0.15) is 43.9 Å². The molecule has 0 aliphatic heterocycles. The first kappa shape index (κ1) is 18.7. The largest absolute Gasteiger partial charge is 0.363 e. The van der Waals surface area contributed by atoms with Crippen molar-refractivity contribution < 1.29 is 0 Å². The molecule has 0 fully saturated rings. The molecule has 0 aliphatic rings. The normalized spacial score (nSPS) is 12.0. The SMILES string of the molecule is CCC(C)(C)c1cccc(-c2ccc(C#N)cc2)c1C(=NC)N(C)C. The molecule has 25 heavy (non-hydrogen) atoms. The summed E-state index contributed by atoms with van der Waals surface area (Å²) in [7, 11) is 5.90. The van der Waals surface area contributed by atoms with Gasteiger partial charge in [-0.05, 0) is 40.7 Å². The molecule has 0 N–H and O–H groups in total. The molecule has 0 radical (unpaired) electrons. The van der Waals surface area contributed by atoms with Crippen LogP contribution in [-0.2, 0) is 5.41 Å². The maximum atomic E-state index is 9.06. The maximum Gasteiger partial charge on any atom is 0.131 e. The molecule has 0 aromatic heterocycles. The van der Waals surface area contributed by atoms with Crippen LogP contribution in [-0.4, -0.2) is 31.9 Å². The molecule has 130 valence electrons. The standard InChI is InChI=1S/C22H27N3/c1-7-22(2,3)19-10-8-9-18(20(19)21(24-4)25(5)6)17-13-11-16(15-23)12-14-17/h8-14H,7H2,1-6H3. The van der Waals surface area contributed by atoms with Gasteiger partial charge in [0.25, 0.3) is 0 Å². The van der Waals surface area contributed by atoms with Crippen molar-refractivity contribution in [2.75, 3.05) is 21.1 Å². The van der Waals surface area contributed by atoms with E-state index in [4.69, 9.17) is 5.26 Å². The zero-order chi connectivity index (χ0) is 18.6. The number of nitriles is 1. The Bertz CT molecular complexity index is 806. The zero-order valence-electron chi connectivity index (χ0n) is 16.1. The van der Waals surface area contributed by atoms with Gasteiger partial charge in [0.1, 0.15) is 5.84 Å². The number of benzene rings is 2. The lowest BCUT2D eigenvalue weighted by Crippen LogP contribution is -2.28. The van der Waals surface area contributed by atoms with Crippen LogP contribution in [0.3, 0.4) is 0 Å². The van der Waals surface area contributed by atoms with Crippen molar-refractivity contribution in [1.82, 2.24) is 4.90 Å². The third-order valence-electron chi connectivity index (χ3n) is 4.86. The van der Waals surface area contributed by atoms with E-state index in [9.17, 15) is 0 Å². The van der Waals surface area contributed by atoms with Gasteiger partial charge in [-0.15, -0.1) is 0 Å². The first-order valence-electron chi connectivity index (χ1n) is 8.64. The number of aliphatic imine (C=N–C) groups is 1. The van der Waals surface area contributed by atoms with E-state index in [0.717, 1.165) is 23.4 Å². The molecule has 0 atom stereocenters. The minimum absolute atomic E-state index is 0.0455. The first-order chi connectivity index (χ1) is 11.9. The average molecular weight is 333 g/mol. The predicted molar refractivity (Wildman–Crippen MR) is 106 cm³/mol. The van der Waals surface area contributed by atoms with Gasteiger partial charge >= 0.3 is 0 Å². The maximum absolute atomic E-state index is 9.06. The summed E-state index contributed by atoms with van der Waals surface area (Å²) in [6, 6.07) is 16.4. The highest BCUT2D eigenvalue weighted by molar-refractivity contribution is 6.05. The Morgan fingerprint density at radius 3 is 2.24 bits per heavy atom. The molecule has 2 aromatic carbocycles. The van der Waals surface area contributed by atoms with E-state index in [1.807, 2.05) is 45.4 Å². The Labute approximate surface area is 151 Å². The third-order valence-corrected chi connectivity index (χ3v) is 4.86.